The second-order valence-corrected chi connectivity index (χ2v) is 15.6. The van der Waals surface area contributed by atoms with Gasteiger partial charge in [-0.05, 0) is 48.9 Å². The van der Waals surface area contributed by atoms with Crippen LogP contribution in [0.15, 0.2) is 42.5 Å². The molecule has 14 heteroatoms. The number of carbonyl (C=O) groups is 1. The summed E-state index contributed by atoms with van der Waals surface area (Å²) in [6.07, 6.45) is -0.594. The van der Waals surface area contributed by atoms with Gasteiger partial charge >= 0.3 is 0 Å². The van der Waals surface area contributed by atoms with Gasteiger partial charge in [0.25, 0.3) is 0 Å². The van der Waals surface area contributed by atoms with Gasteiger partial charge < -0.3 is 19.9 Å². The minimum atomic E-state index is -1.27. The van der Waals surface area contributed by atoms with E-state index in [1.165, 1.54) is 39.3 Å². The van der Waals surface area contributed by atoms with Crippen molar-refractivity contribution in [3.8, 4) is 11.5 Å². The summed E-state index contributed by atoms with van der Waals surface area (Å²) in [5, 5.41) is 13.4. The number of anilines is 1. The fraction of sp³-hybridized carbons (Fsp3) is 0.567. The quantitative estimate of drug-likeness (QED) is 0.256. The Morgan fingerprint density at radius 3 is 1.84 bits per heavy atom. The number of piperazine rings is 1. The number of amides is 1. The smallest absolute Gasteiger partial charge is 0.238 e. The Hall–Kier alpha value is -1.50. The van der Waals surface area contributed by atoms with Crippen LogP contribution in [-0.2, 0) is 16.6 Å². The molecule has 4 aliphatic heterocycles. The summed E-state index contributed by atoms with van der Waals surface area (Å²) in [6, 6.07) is 13.4. The van der Waals surface area contributed by atoms with Crippen LogP contribution < -0.4 is 14.8 Å². The first-order valence-corrected chi connectivity index (χ1v) is 17.5. The van der Waals surface area contributed by atoms with Crippen LogP contribution in [0, 0.1) is 13.8 Å². The number of carbonyl (C=O) groups excluding carboxylic acids is 1. The van der Waals surface area contributed by atoms with E-state index in [-0.39, 0.29) is 37.3 Å². The summed E-state index contributed by atoms with van der Waals surface area (Å²) >= 11 is 5.75. The van der Waals surface area contributed by atoms with Crippen LogP contribution in [0.5, 0.6) is 11.5 Å². The number of para-hydroxylation sites is 3. The molecule has 6 rings (SSSR count). The maximum atomic E-state index is 12.5. The number of nitrogens with one attached hydrogen (secondary N) is 1. The number of rotatable bonds is 12. The van der Waals surface area contributed by atoms with E-state index in [9.17, 15) is 9.90 Å². The number of ether oxygens (including phenoxy) is 2. The highest BCUT2D eigenvalue weighted by atomic mass is 35.5. The van der Waals surface area contributed by atoms with E-state index in [4.69, 9.17) is 21.3 Å². The first-order valence-electron chi connectivity index (χ1n) is 14.9. The molecule has 2 N–H and O–H groups in total. The van der Waals surface area contributed by atoms with Crippen LogP contribution in [0.1, 0.15) is 11.1 Å². The third kappa shape index (κ3) is 10.00. The zero-order chi connectivity index (χ0) is 29.7. The topological polar surface area (TPSA) is 83.3 Å². The van der Waals surface area contributed by atoms with Crippen molar-refractivity contribution >= 4 is 54.7 Å². The number of halogens is 2. The Morgan fingerprint density at radius 1 is 0.841 bits per heavy atom. The Balaban J connectivity index is 0.000000337. The molecule has 4 aliphatic rings. The molecule has 44 heavy (non-hydrogen) atoms. The van der Waals surface area contributed by atoms with Gasteiger partial charge in [-0.2, -0.15) is 0 Å². The molecule has 1 atom stereocenters. The molecule has 246 valence electrons. The van der Waals surface area contributed by atoms with Gasteiger partial charge in [-0.1, -0.05) is 30.3 Å². The second-order valence-electron chi connectivity index (χ2n) is 11.4. The van der Waals surface area contributed by atoms with Crippen LogP contribution in [-0.4, -0.2) is 133 Å². The molecule has 0 spiro atoms. The van der Waals surface area contributed by atoms with Crippen molar-refractivity contribution in [2.45, 2.75) is 20.0 Å². The zero-order valence-electron chi connectivity index (χ0n) is 25.9. The van der Waals surface area contributed by atoms with Crippen molar-refractivity contribution < 1.29 is 19.4 Å². The molecule has 1 unspecified atom stereocenters. The summed E-state index contributed by atoms with van der Waals surface area (Å²) in [6.45, 7) is 14.6. The standard InChI is InChI=1S/C24H33N3O4.C6H12N3PS.2ClH/c1-18-7-6-8-19(2)24(18)25-23(29)16-27-13-11-26(12-14-27)15-20(28)17-31-22-10-5-4-9-21(22)30-3;11-10(7-1-2-7,8-3-4-8)9-5-6-9;;/h4-10,20,28H,11-17H2,1-3H3,(H,25,29);1-6H2;2*1H. The number of benzene rings is 2. The Bertz CT molecular complexity index is 1220. The van der Waals surface area contributed by atoms with Crippen molar-refractivity contribution in [1.82, 2.24) is 23.8 Å². The number of aliphatic hydroxyl groups excluding tert-OH is 1. The largest absolute Gasteiger partial charge is 0.493 e. The third-order valence-corrected chi connectivity index (χ3v) is 13.4. The maximum Gasteiger partial charge on any atom is 0.238 e. The lowest BCUT2D eigenvalue weighted by Gasteiger charge is -2.35. The van der Waals surface area contributed by atoms with Crippen LogP contribution in [0.4, 0.5) is 5.69 Å². The molecular formula is C30H47Cl2N6O4PS. The van der Waals surface area contributed by atoms with E-state index in [0.29, 0.717) is 24.6 Å². The lowest BCUT2D eigenvalue weighted by Crippen LogP contribution is -2.50. The van der Waals surface area contributed by atoms with Gasteiger partial charge in [0.05, 0.1) is 13.7 Å². The highest BCUT2D eigenvalue weighted by Gasteiger charge is 2.50. The van der Waals surface area contributed by atoms with Crippen LogP contribution in [0.25, 0.3) is 0 Å². The van der Waals surface area contributed by atoms with E-state index in [0.717, 1.165) is 43.0 Å². The van der Waals surface area contributed by atoms with Crippen molar-refractivity contribution in [3.05, 3.63) is 53.6 Å². The van der Waals surface area contributed by atoms with E-state index in [2.05, 4.69) is 29.1 Å². The average Bonchev–Trinajstić information content (AvgIpc) is 3.84. The van der Waals surface area contributed by atoms with Gasteiger partial charge in [-0.25, -0.2) is 14.0 Å². The minimum absolute atomic E-state index is 0. The third-order valence-electron chi connectivity index (χ3n) is 7.92. The van der Waals surface area contributed by atoms with Crippen molar-refractivity contribution in [2.24, 2.45) is 0 Å². The van der Waals surface area contributed by atoms with E-state index >= 15 is 0 Å². The number of aryl methyl sites for hydroxylation is 2. The Labute approximate surface area is 279 Å². The first kappa shape index (κ1) is 37.0. The molecule has 0 radical (unpaired) electrons. The molecule has 0 saturated carbocycles. The first-order chi connectivity index (χ1) is 20.3. The van der Waals surface area contributed by atoms with E-state index < -0.39 is 12.6 Å². The predicted molar refractivity (Wildman–Crippen MR) is 185 cm³/mol. The maximum absolute atomic E-state index is 12.5. The summed E-state index contributed by atoms with van der Waals surface area (Å²) in [7, 11) is 1.60. The molecule has 1 amide bonds. The number of hydrogen-bond acceptors (Lipinski definition) is 7. The molecule has 2 aromatic rings. The van der Waals surface area contributed by atoms with Gasteiger partial charge in [-0.3, -0.25) is 14.6 Å². The Morgan fingerprint density at radius 2 is 1.34 bits per heavy atom. The highest BCUT2D eigenvalue weighted by molar-refractivity contribution is 8.11. The van der Waals surface area contributed by atoms with Crippen molar-refractivity contribution in [1.29, 1.82) is 0 Å². The summed E-state index contributed by atoms with van der Waals surface area (Å²) in [4.78, 5) is 16.8. The van der Waals surface area contributed by atoms with Gasteiger partial charge in [0, 0.05) is 77.7 Å². The lowest BCUT2D eigenvalue weighted by atomic mass is 10.1. The van der Waals surface area contributed by atoms with Gasteiger partial charge in [0.2, 0.25) is 5.91 Å². The Kier molecular flexibility index (Phi) is 14.2. The molecule has 0 aromatic heterocycles. The number of hydrogen-bond donors (Lipinski definition) is 2. The predicted octanol–water partition coefficient (Wildman–Crippen LogP) is 3.31. The molecular weight excluding hydrogens is 642 g/mol. The van der Waals surface area contributed by atoms with Crippen LogP contribution in [0.3, 0.4) is 0 Å². The van der Waals surface area contributed by atoms with Crippen molar-refractivity contribution in [3.63, 3.8) is 0 Å². The molecule has 10 nitrogen and oxygen atoms in total. The molecule has 2 aromatic carbocycles. The fourth-order valence-electron chi connectivity index (χ4n) is 5.25. The average molecular weight is 690 g/mol. The molecule has 4 saturated heterocycles. The van der Waals surface area contributed by atoms with E-state index in [1.54, 1.807) is 7.11 Å². The number of β-amino-alcohol motifs (C(OH)–C–C–N with tert-alkyl or cyclic N) is 1. The summed E-state index contributed by atoms with van der Waals surface area (Å²) in [5.74, 6) is 1.29. The van der Waals surface area contributed by atoms with Crippen LogP contribution in [0.2, 0.25) is 0 Å². The monoisotopic (exact) mass is 688 g/mol. The number of methoxy groups -OCH3 is 1. The lowest BCUT2D eigenvalue weighted by molar-refractivity contribution is -0.117. The van der Waals surface area contributed by atoms with Gasteiger partial charge in [-0.15, -0.1) is 24.8 Å². The highest BCUT2D eigenvalue weighted by Crippen LogP contribution is 2.65. The number of nitrogens with zero attached hydrogens (tertiary/aromatic N) is 5. The minimum Gasteiger partial charge on any atom is -0.493 e. The number of aliphatic hydroxyl groups is 1. The molecule has 0 bridgehead atoms. The summed E-state index contributed by atoms with van der Waals surface area (Å²) in [5.41, 5.74) is 3.05. The summed E-state index contributed by atoms with van der Waals surface area (Å²) < 4.78 is 18.4. The molecule has 4 heterocycles. The molecule has 4 fully saturated rings. The second kappa shape index (κ2) is 16.9. The SMILES string of the molecule is COc1ccccc1OCC(O)CN1CCN(CC(=O)Nc2c(C)cccc2C)CC1.Cl.Cl.S=P(N1CC1)(N1CC1)N1CC1. The molecule has 0 aliphatic carbocycles. The van der Waals surface area contributed by atoms with Gasteiger partial charge in [0.1, 0.15) is 19.2 Å². The zero-order valence-corrected chi connectivity index (χ0v) is 29.2. The van der Waals surface area contributed by atoms with Crippen molar-refractivity contribution in [2.75, 3.05) is 97.6 Å². The normalized spacial score (nSPS) is 19.4. The van der Waals surface area contributed by atoms with Gasteiger partial charge in [0.15, 0.2) is 11.5 Å². The van der Waals surface area contributed by atoms with Crippen LogP contribution >= 0.6 is 31.3 Å². The fourth-order valence-corrected chi connectivity index (χ4v) is 9.63. The van der Waals surface area contributed by atoms with E-state index in [1.807, 2.05) is 56.3 Å².